The first kappa shape index (κ1) is 18.7. The molecule has 2 fully saturated rings. The van der Waals surface area contributed by atoms with Crippen LogP contribution in [0.4, 0.5) is 0 Å². The Bertz CT molecular complexity index is 816. The van der Waals surface area contributed by atoms with Gasteiger partial charge in [0.1, 0.15) is 0 Å². The molecule has 146 valence electrons. The molecule has 2 saturated heterocycles. The largest absolute Gasteiger partial charge is 0.481 e. The molecular formula is C23H26N2O3. The van der Waals surface area contributed by atoms with E-state index in [0.717, 1.165) is 43.6 Å². The molecule has 1 N–H and O–H groups in total. The zero-order chi connectivity index (χ0) is 19.5. The summed E-state index contributed by atoms with van der Waals surface area (Å²) < 4.78 is 0. The number of nitrogens with zero attached hydrogens (tertiary/aromatic N) is 2. The maximum absolute atomic E-state index is 12.6. The summed E-state index contributed by atoms with van der Waals surface area (Å²) in [4.78, 5) is 28.7. The normalized spacial score (nSPS) is 23.6. The van der Waals surface area contributed by atoms with E-state index in [0.29, 0.717) is 12.6 Å². The van der Waals surface area contributed by atoms with Crippen molar-refractivity contribution in [2.45, 2.75) is 24.8 Å². The molecule has 0 unspecified atom stereocenters. The number of amides is 1. The number of carboxylic acids is 1. The number of hydrogen-bond acceptors (Lipinski definition) is 3. The van der Waals surface area contributed by atoms with Crippen LogP contribution < -0.4 is 0 Å². The first-order chi connectivity index (χ1) is 13.6. The third-order valence-electron chi connectivity index (χ3n) is 6.18. The zero-order valence-electron chi connectivity index (χ0n) is 15.9. The van der Waals surface area contributed by atoms with Gasteiger partial charge in [-0.2, -0.15) is 0 Å². The smallest absolute Gasteiger partial charge is 0.308 e. The second kappa shape index (κ2) is 8.15. The molecule has 0 radical (unpaired) electrons. The average Bonchev–Trinajstić information content (AvgIpc) is 3.20. The van der Waals surface area contributed by atoms with Crippen LogP contribution in [0.1, 0.15) is 34.7 Å². The predicted octanol–water partition coefficient (Wildman–Crippen LogP) is 3.09. The van der Waals surface area contributed by atoms with Crippen LogP contribution in [0.2, 0.25) is 0 Å². The standard InChI is InChI=1S/C23H26N2O3/c26-22(18-9-5-2-6-10-18)24-13-11-19(12-14-24)25-15-20(21(16-25)23(27)28)17-7-3-1-4-8-17/h1-10,19-21H,11-16H2,(H,27,28)/t20-,21+/m0/s1. The molecule has 2 aliphatic rings. The maximum Gasteiger partial charge on any atom is 0.308 e. The SMILES string of the molecule is O=C(O)[C@@H]1CN(C2CCN(C(=O)c3ccccc3)CC2)C[C@H]1c1ccccc1. The van der Waals surface area contributed by atoms with Crippen LogP contribution in [-0.4, -0.2) is 59.0 Å². The minimum absolute atomic E-state index is 0.0303. The van der Waals surface area contributed by atoms with Crippen molar-refractivity contribution in [1.82, 2.24) is 9.80 Å². The molecule has 0 saturated carbocycles. The van der Waals surface area contributed by atoms with Gasteiger partial charge in [0.15, 0.2) is 0 Å². The Balaban J connectivity index is 1.39. The molecule has 0 spiro atoms. The van der Waals surface area contributed by atoms with Crippen molar-refractivity contribution in [3.8, 4) is 0 Å². The number of piperidine rings is 1. The van der Waals surface area contributed by atoms with Gasteiger partial charge in [-0.05, 0) is 30.5 Å². The van der Waals surface area contributed by atoms with Crippen molar-refractivity contribution < 1.29 is 14.7 Å². The second-order valence-electron chi connectivity index (χ2n) is 7.81. The molecule has 5 nitrogen and oxygen atoms in total. The van der Waals surface area contributed by atoms with Gasteiger partial charge in [0, 0.05) is 43.7 Å². The zero-order valence-corrected chi connectivity index (χ0v) is 15.9. The monoisotopic (exact) mass is 378 g/mol. The lowest BCUT2D eigenvalue weighted by Crippen LogP contribution is -2.46. The number of rotatable bonds is 4. The molecule has 2 aromatic rings. The molecule has 5 heteroatoms. The molecule has 0 bridgehead atoms. The fourth-order valence-corrected chi connectivity index (χ4v) is 4.62. The summed E-state index contributed by atoms with van der Waals surface area (Å²) in [7, 11) is 0. The Hall–Kier alpha value is -2.66. The van der Waals surface area contributed by atoms with Crippen LogP contribution >= 0.6 is 0 Å². The second-order valence-corrected chi connectivity index (χ2v) is 7.81. The molecule has 4 rings (SSSR count). The van der Waals surface area contributed by atoms with E-state index in [1.807, 2.05) is 65.6 Å². The first-order valence-corrected chi connectivity index (χ1v) is 9.99. The molecule has 2 heterocycles. The topological polar surface area (TPSA) is 60.9 Å². The van der Waals surface area contributed by atoms with Crippen molar-refractivity contribution >= 4 is 11.9 Å². The number of likely N-dealkylation sites (tertiary alicyclic amines) is 2. The van der Waals surface area contributed by atoms with E-state index >= 15 is 0 Å². The summed E-state index contributed by atoms with van der Waals surface area (Å²) in [6, 6.07) is 19.7. The minimum Gasteiger partial charge on any atom is -0.481 e. The van der Waals surface area contributed by atoms with Crippen molar-refractivity contribution in [3.63, 3.8) is 0 Å². The van der Waals surface area contributed by atoms with Crippen molar-refractivity contribution in [2.24, 2.45) is 5.92 Å². The average molecular weight is 378 g/mol. The van der Waals surface area contributed by atoms with E-state index in [-0.39, 0.29) is 17.7 Å². The Morgan fingerprint density at radius 2 is 1.46 bits per heavy atom. The van der Waals surface area contributed by atoms with E-state index < -0.39 is 5.97 Å². The molecule has 28 heavy (non-hydrogen) atoms. The Morgan fingerprint density at radius 1 is 0.857 bits per heavy atom. The first-order valence-electron chi connectivity index (χ1n) is 9.99. The van der Waals surface area contributed by atoms with Gasteiger partial charge < -0.3 is 10.0 Å². The van der Waals surface area contributed by atoms with Gasteiger partial charge in [0.05, 0.1) is 5.92 Å². The molecule has 0 aliphatic carbocycles. The van der Waals surface area contributed by atoms with Gasteiger partial charge in [-0.15, -0.1) is 0 Å². The van der Waals surface area contributed by atoms with Crippen LogP contribution in [-0.2, 0) is 4.79 Å². The van der Waals surface area contributed by atoms with E-state index in [1.54, 1.807) is 0 Å². The van der Waals surface area contributed by atoms with E-state index in [9.17, 15) is 14.7 Å². The van der Waals surface area contributed by atoms with Crippen molar-refractivity contribution in [1.29, 1.82) is 0 Å². The Kier molecular flexibility index (Phi) is 5.44. The third kappa shape index (κ3) is 3.80. The molecular weight excluding hydrogens is 352 g/mol. The molecule has 0 aromatic heterocycles. The predicted molar refractivity (Wildman–Crippen MR) is 107 cm³/mol. The summed E-state index contributed by atoms with van der Waals surface area (Å²) in [6.45, 7) is 2.82. The lowest BCUT2D eigenvalue weighted by molar-refractivity contribution is -0.141. The summed E-state index contributed by atoms with van der Waals surface area (Å²) in [5, 5.41) is 9.72. The van der Waals surface area contributed by atoms with E-state index in [4.69, 9.17) is 0 Å². The van der Waals surface area contributed by atoms with Gasteiger partial charge in [-0.1, -0.05) is 48.5 Å². The third-order valence-corrected chi connectivity index (χ3v) is 6.18. The highest BCUT2D eigenvalue weighted by molar-refractivity contribution is 5.94. The Morgan fingerprint density at radius 3 is 2.07 bits per heavy atom. The minimum atomic E-state index is -0.715. The van der Waals surface area contributed by atoms with Crippen molar-refractivity contribution in [2.75, 3.05) is 26.2 Å². The highest BCUT2D eigenvalue weighted by Gasteiger charge is 2.41. The van der Waals surface area contributed by atoms with Gasteiger partial charge in [-0.3, -0.25) is 14.5 Å². The fraction of sp³-hybridized carbons (Fsp3) is 0.391. The van der Waals surface area contributed by atoms with Crippen LogP contribution in [0.3, 0.4) is 0 Å². The highest BCUT2D eigenvalue weighted by atomic mass is 16.4. The number of hydrogen-bond donors (Lipinski definition) is 1. The van der Waals surface area contributed by atoms with Crippen LogP contribution in [0.15, 0.2) is 60.7 Å². The van der Waals surface area contributed by atoms with Gasteiger partial charge in [-0.25, -0.2) is 0 Å². The van der Waals surface area contributed by atoms with Crippen molar-refractivity contribution in [3.05, 3.63) is 71.8 Å². The van der Waals surface area contributed by atoms with Crippen LogP contribution in [0.5, 0.6) is 0 Å². The summed E-state index contributed by atoms with van der Waals surface area (Å²) in [5.41, 5.74) is 1.84. The molecule has 2 aliphatic heterocycles. The van der Waals surface area contributed by atoms with Gasteiger partial charge in [0.2, 0.25) is 0 Å². The number of carbonyl (C=O) groups is 2. The van der Waals surface area contributed by atoms with E-state index in [1.165, 1.54) is 0 Å². The highest BCUT2D eigenvalue weighted by Crippen LogP contribution is 2.35. The number of aliphatic carboxylic acids is 1. The summed E-state index contributed by atoms with van der Waals surface area (Å²) in [6.07, 6.45) is 1.79. The maximum atomic E-state index is 12.6. The fourth-order valence-electron chi connectivity index (χ4n) is 4.62. The lowest BCUT2D eigenvalue weighted by Gasteiger charge is -2.37. The van der Waals surface area contributed by atoms with Gasteiger partial charge in [0.25, 0.3) is 5.91 Å². The number of carboxylic acid groups (broad SMARTS) is 1. The number of benzene rings is 2. The summed E-state index contributed by atoms with van der Waals surface area (Å²) >= 11 is 0. The summed E-state index contributed by atoms with van der Waals surface area (Å²) in [5.74, 6) is -0.965. The number of carbonyl (C=O) groups excluding carboxylic acids is 1. The van der Waals surface area contributed by atoms with E-state index in [2.05, 4.69) is 4.90 Å². The lowest BCUT2D eigenvalue weighted by atomic mass is 9.89. The quantitative estimate of drug-likeness (QED) is 0.888. The molecule has 1 amide bonds. The molecule has 2 aromatic carbocycles. The Labute approximate surface area is 165 Å². The van der Waals surface area contributed by atoms with Crippen LogP contribution in [0, 0.1) is 5.92 Å². The van der Waals surface area contributed by atoms with Crippen LogP contribution in [0.25, 0.3) is 0 Å². The molecule has 2 atom stereocenters. The van der Waals surface area contributed by atoms with Gasteiger partial charge >= 0.3 is 5.97 Å².